The van der Waals surface area contributed by atoms with E-state index in [9.17, 15) is 96.2 Å². The van der Waals surface area contributed by atoms with Crippen LogP contribution in [0.4, 0.5) is 65.9 Å². The van der Waals surface area contributed by atoms with E-state index >= 15 is 0 Å². The maximum Gasteiger partial charge on any atom is 0.534 e. The van der Waals surface area contributed by atoms with Crippen LogP contribution in [-0.2, 0) is 59.2 Å². The number of hydrogen-bond acceptors (Lipinski definition) is 13. The smallest absolute Gasteiger partial charge is 0.508 e. The molecule has 0 aliphatic heterocycles. The highest BCUT2D eigenvalue weighted by Crippen LogP contribution is 2.40. The number of aryl methyl sites for hydroxylation is 2. The summed E-state index contributed by atoms with van der Waals surface area (Å²) in [6.45, 7) is 3.45. The van der Waals surface area contributed by atoms with Crippen molar-refractivity contribution in [2.24, 2.45) is 0 Å². The average Bonchev–Trinajstić information content (AvgIpc) is 3.64. The molecule has 13 nitrogen and oxygen atoms in total. The second-order valence-electron chi connectivity index (χ2n) is 10.3. The Morgan fingerprint density at radius 3 is 1.29 bits per heavy atom. The van der Waals surface area contributed by atoms with Gasteiger partial charge >= 0.3 is 59.2 Å². The van der Waals surface area contributed by atoms with E-state index in [0.717, 1.165) is 6.07 Å². The molecule has 4 rings (SSSR count). The molecular formula is C25H19F15N2O11S3. The first-order valence-corrected chi connectivity index (χ1v) is 18.3. The highest BCUT2D eigenvalue weighted by atomic mass is 32.3. The predicted molar refractivity (Wildman–Crippen MR) is 154 cm³/mol. The van der Waals surface area contributed by atoms with Gasteiger partial charge in [0.1, 0.15) is 11.5 Å². The number of fused-ring (bicyclic) bond motifs is 2. The van der Waals surface area contributed by atoms with Gasteiger partial charge in [0.25, 0.3) is 0 Å². The molecule has 318 valence electrons. The normalized spacial score (nSPS) is 13.6. The zero-order chi connectivity index (χ0) is 43.7. The van der Waals surface area contributed by atoms with Crippen molar-refractivity contribution in [3.05, 3.63) is 46.8 Å². The maximum absolute atomic E-state index is 12.8. The molecule has 0 aliphatic carbocycles. The van der Waals surface area contributed by atoms with Crippen LogP contribution >= 0.6 is 0 Å². The summed E-state index contributed by atoms with van der Waals surface area (Å²) in [6.07, 6.45) is -8.05. The Bertz CT molecular complexity index is 2300. The lowest BCUT2D eigenvalue weighted by Gasteiger charge is -2.12. The Kier molecular flexibility index (Phi) is 13.9. The summed E-state index contributed by atoms with van der Waals surface area (Å²) in [5.74, 6) is -0.823. The average molecular weight is 905 g/mol. The molecular weight excluding hydrogens is 885 g/mol. The van der Waals surface area contributed by atoms with E-state index < -0.39 is 87.3 Å². The molecule has 4 aromatic rings. The third-order valence-corrected chi connectivity index (χ3v) is 9.72. The van der Waals surface area contributed by atoms with Crippen molar-refractivity contribution >= 4 is 52.3 Å². The van der Waals surface area contributed by atoms with E-state index in [0.29, 0.717) is 24.5 Å². The molecule has 0 spiro atoms. The first-order chi connectivity index (χ1) is 25.0. The van der Waals surface area contributed by atoms with Gasteiger partial charge in [0.05, 0.1) is 10.8 Å². The molecule has 31 heteroatoms. The summed E-state index contributed by atoms with van der Waals surface area (Å²) >= 11 is 0. The topological polar surface area (TPSA) is 193 Å². The number of benzene rings is 2. The third-order valence-electron chi connectivity index (χ3n) is 6.19. The molecule has 0 saturated heterocycles. The molecule has 2 aromatic heterocycles. The number of rotatable bonds is 8. The first-order valence-electron chi connectivity index (χ1n) is 14.0. The van der Waals surface area contributed by atoms with Gasteiger partial charge in [-0.15, -0.1) is 3.63 Å². The number of alkyl halides is 15. The molecule has 2 aromatic carbocycles. The molecule has 0 radical (unpaired) electrons. The standard InChI is InChI=1S/C12H9F6NO4S.C11H10F3NO2.C2F6O5S2/c1-2-3-6-8(23-24(20,21)12(16,17)18)5-4-7-9(6)22-19-10(7)11(13,14)15;1-2-3-6-8(16)5-4-7-9(6)17-15-10(7)11(12,13)14;3-1(4,5)14(9,10)13-15(11,12)2(6,7)8/h4-5H,2-3H2,1H3;4-5,16H,2-3H2,1H3;. The summed E-state index contributed by atoms with van der Waals surface area (Å²) in [5.41, 5.74) is -20.9. The lowest BCUT2D eigenvalue weighted by atomic mass is 10.0. The lowest BCUT2D eigenvalue weighted by Crippen LogP contribution is -2.34. The summed E-state index contributed by atoms with van der Waals surface area (Å²) in [7, 11) is -19.7. The molecule has 0 saturated carbocycles. The fraction of sp³-hybridized carbons (Fsp3) is 0.440. The van der Waals surface area contributed by atoms with Crippen LogP contribution in [0.3, 0.4) is 0 Å². The Morgan fingerprint density at radius 2 is 0.929 bits per heavy atom. The lowest BCUT2D eigenvalue weighted by molar-refractivity contribution is -0.142. The highest BCUT2D eigenvalue weighted by molar-refractivity contribution is 8.00. The maximum atomic E-state index is 12.8. The largest absolute Gasteiger partial charge is 0.534 e. The van der Waals surface area contributed by atoms with Crippen LogP contribution < -0.4 is 4.18 Å². The second kappa shape index (κ2) is 16.3. The van der Waals surface area contributed by atoms with Gasteiger partial charge < -0.3 is 18.3 Å². The Balaban J connectivity index is 0.000000301. The van der Waals surface area contributed by atoms with Crippen molar-refractivity contribution in [2.75, 3.05) is 0 Å². The first kappa shape index (κ1) is 47.9. The van der Waals surface area contributed by atoms with Crippen molar-refractivity contribution in [1.29, 1.82) is 0 Å². The van der Waals surface area contributed by atoms with Crippen LogP contribution in [0, 0.1) is 0 Å². The van der Waals surface area contributed by atoms with Gasteiger partial charge in [-0.2, -0.15) is 91.1 Å². The number of phenolic OH excluding ortho intramolecular Hbond substituents is 1. The SMILES string of the molecule is CCCc1c(O)ccc2c(C(F)(F)F)noc12.CCCc1c(OS(=O)(=O)C(F)(F)F)ccc2c(C(F)(F)F)noc12.O=S(=O)(OS(=O)(=O)C(F)(F)F)C(F)(F)F. The van der Waals surface area contributed by atoms with Gasteiger partial charge in [0, 0.05) is 11.1 Å². The van der Waals surface area contributed by atoms with Gasteiger partial charge in [-0.3, -0.25) is 0 Å². The quantitative estimate of drug-likeness (QED) is 0.101. The van der Waals surface area contributed by atoms with E-state index in [2.05, 4.69) is 19.0 Å². The number of aromatic nitrogens is 2. The highest BCUT2D eigenvalue weighted by Gasteiger charge is 2.57. The van der Waals surface area contributed by atoms with Gasteiger partial charge in [-0.05, 0) is 37.1 Å². The molecule has 0 amide bonds. The van der Waals surface area contributed by atoms with Crippen molar-refractivity contribution in [1.82, 2.24) is 10.3 Å². The molecule has 1 N–H and O–H groups in total. The molecule has 0 bridgehead atoms. The minimum Gasteiger partial charge on any atom is -0.508 e. The van der Waals surface area contributed by atoms with Crippen LogP contribution in [0.15, 0.2) is 33.3 Å². The molecule has 0 aliphatic rings. The predicted octanol–water partition coefficient (Wildman–Crippen LogP) is 8.23. The Hall–Kier alpha value is -4.26. The van der Waals surface area contributed by atoms with E-state index in [-0.39, 0.29) is 35.1 Å². The number of phenols is 1. The van der Waals surface area contributed by atoms with Crippen LogP contribution in [0.1, 0.15) is 49.2 Å². The van der Waals surface area contributed by atoms with Crippen molar-refractivity contribution < 1.29 is 113 Å². The van der Waals surface area contributed by atoms with Crippen molar-refractivity contribution in [2.45, 2.75) is 68.4 Å². The number of halogens is 15. The molecule has 56 heavy (non-hydrogen) atoms. The van der Waals surface area contributed by atoms with E-state index in [1.807, 2.05) is 10.6 Å². The molecule has 0 atom stereocenters. The molecule has 2 heterocycles. The zero-order valence-corrected chi connectivity index (χ0v) is 29.4. The number of hydrogen-bond donors (Lipinski definition) is 1. The van der Waals surface area contributed by atoms with E-state index in [4.69, 9.17) is 4.52 Å². The Morgan fingerprint density at radius 1 is 0.571 bits per heavy atom. The molecule has 0 unspecified atom stereocenters. The summed E-state index contributed by atoms with van der Waals surface area (Å²) in [5, 5.41) is 14.9. The fourth-order valence-corrected chi connectivity index (χ4v) is 5.96. The zero-order valence-electron chi connectivity index (χ0n) is 27.0. The van der Waals surface area contributed by atoms with Crippen LogP contribution in [0.5, 0.6) is 11.5 Å². The van der Waals surface area contributed by atoms with E-state index in [1.165, 1.54) is 12.1 Å². The summed E-state index contributed by atoms with van der Waals surface area (Å²) in [4.78, 5) is 0. The molecule has 0 fully saturated rings. The minimum absolute atomic E-state index is 0.0131. The van der Waals surface area contributed by atoms with E-state index in [1.54, 1.807) is 6.92 Å². The van der Waals surface area contributed by atoms with Gasteiger partial charge in [-0.25, -0.2) is 0 Å². The van der Waals surface area contributed by atoms with Crippen molar-refractivity contribution in [3.63, 3.8) is 0 Å². The monoisotopic (exact) mass is 904 g/mol. The van der Waals surface area contributed by atoms with Gasteiger partial charge in [-0.1, -0.05) is 37.0 Å². The Labute approximate surface area is 302 Å². The van der Waals surface area contributed by atoms with Crippen LogP contribution in [-0.4, -0.2) is 57.2 Å². The second-order valence-corrected chi connectivity index (χ2v) is 15.1. The van der Waals surface area contributed by atoms with Gasteiger partial charge in [0.2, 0.25) is 0 Å². The van der Waals surface area contributed by atoms with Crippen molar-refractivity contribution in [3.8, 4) is 11.5 Å². The summed E-state index contributed by atoms with van der Waals surface area (Å²) < 4.78 is 259. The van der Waals surface area contributed by atoms with Crippen LogP contribution in [0.25, 0.3) is 21.9 Å². The third kappa shape index (κ3) is 11.0. The van der Waals surface area contributed by atoms with Crippen LogP contribution in [0.2, 0.25) is 0 Å². The number of aromatic hydroxyl groups is 1. The minimum atomic E-state index is -6.85. The summed E-state index contributed by atoms with van der Waals surface area (Å²) in [6, 6.07) is 3.86. The number of nitrogens with zero attached hydrogens (tertiary/aromatic N) is 2. The van der Waals surface area contributed by atoms with Gasteiger partial charge in [0.15, 0.2) is 22.6 Å². The fourth-order valence-electron chi connectivity index (χ4n) is 3.92.